The van der Waals surface area contributed by atoms with E-state index in [1.165, 1.54) is 0 Å². The van der Waals surface area contributed by atoms with Crippen molar-refractivity contribution in [3.05, 3.63) is 35.9 Å². The second-order valence-corrected chi connectivity index (χ2v) is 7.24. The van der Waals surface area contributed by atoms with Crippen LogP contribution in [0, 0.1) is 0 Å². The number of carbonyl (C=O) groups is 2. The molecule has 0 aliphatic carbocycles. The highest BCUT2D eigenvalue weighted by Crippen LogP contribution is 2.31. The number of primary amides is 1. The number of carbonyl (C=O) groups excluding carboxylic acids is 2. The van der Waals surface area contributed by atoms with Gasteiger partial charge in [0.15, 0.2) is 0 Å². The highest BCUT2D eigenvalue weighted by molar-refractivity contribution is 5.92. The molecule has 1 saturated heterocycles. The number of aryl methyl sites for hydroxylation is 1. The molecule has 1 aromatic rings. The molecule has 3 unspecified atom stereocenters. The summed E-state index contributed by atoms with van der Waals surface area (Å²) < 4.78 is 11.9. The van der Waals surface area contributed by atoms with E-state index in [2.05, 4.69) is 11.9 Å². The van der Waals surface area contributed by atoms with Crippen LogP contribution < -0.4 is 15.8 Å². The summed E-state index contributed by atoms with van der Waals surface area (Å²) in [6.07, 6.45) is 1.15. The number of nitrogens with two attached hydrogens (primary N) is 1. The Kier molecular flexibility index (Phi) is 8.02. The number of benzene rings is 1. The van der Waals surface area contributed by atoms with Gasteiger partial charge in [0.1, 0.15) is 5.75 Å². The van der Waals surface area contributed by atoms with Crippen molar-refractivity contribution < 1.29 is 24.2 Å². The summed E-state index contributed by atoms with van der Waals surface area (Å²) >= 11 is 0. The third kappa shape index (κ3) is 6.65. The quantitative estimate of drug-likeness (QED) is 0.562. The highest BCUT2D eigenvalue weighted by Gasteiger charge is 2.30. The summed E-state index contributed by atoms with van der Waals surface area (Å²) in [7, 11) is 0. The highest BCUT2D eigenvalue weighted by atomic mass is 16.7. The minimum atomic E-state index is -0.649. The molecule has 4 N–H and O–H groups in total. The Bertz CT molecular complexity index is 719. The van der Waals surface area contributed by atoms with E-state index in [1.807, 2.05) is 19.9 Å². The van der Waals surface area contributed by atoms with Gasteiger partial charge >= 0.3 is 0 Å². The SMILES string of the molecule is C=C(C)C1CC(O)CC(Oc2ccc(CCC(N)=O)cc2NC(=O)CCC)O1. The molecule has 28 heavy (non-hydrogen) atoms. The molecule has 0 saturated carbocycles. The van der Waals surface area contributed by atoms with Gasteiger partial charge in [-0.2, -0.15) is 0 Å². The Morgan fingerprint density at radius 2 is 2.11 bits per heavy atom. The van der Waals surface area contributed by atoms with E-state index < -0.39 is 12.4 Å². The lowest BCUT2D eigenvalue weighted by atomic mass is 10.0. The van der Waals surface area contributed by atoms with Gasteiger partial charge in [0.2, 0.25) is 18.1 Å². The van der Waals surface area contributed by atoms with E-state index in [-0.39, 0.29) is 24.3 Å². The van der Waals surface area contributed by atoms with Crippen molar-refractivity contribution in [1.29, 1.82) is 0 Å². The number of hydrogen-bond acceptors (Lipinski definition) is 5. The van der Waals surface area contributed by atoms with E-state index in [1.54, 1.807) is 12.1 Å². The van der Waals surface area contributed by atoms with Crippen molar-refractivity contribution in [2.75, 3.05) is 5.32 Å². The second kappa shape index (κ2) is 10.2. The van der Waals surface area contributed by atoms with Crippen LogP contribution in [0.15, 0.2) is 30.4 Å². The Morgan fingerprint density at radius 3 is 2.75 bits per heavy atom. The van der Waals surface area contributed by atoms with Gasteiger partial charge in [-0.15, -0.1) is 0 Å². The molecule has 0 spiro atoms. The van der Waals surface area contributed by atoms with Crippen LogP contribution in [0.2, 0.25) is 0 Å². The van der Waals surface area contributed by atoms with Crippen LogP contribution in [0.4, 0.5) is 5.69 Å². The van der Waals surface area contributed by atoms with E-state index >= 15 is 0 Å². The fraction of sp³-hybridized carbons (Fsp3) is 0.524. The molecular formula is C21H30N2O5. The van der Waals surface area contributed by atoms with Crippen LogP contribution in [0.3, 0.4) is 0 Å². The lowest BCUT2D eigenvalue weighted by Crippen LogP contribution is -2.39. The van der Waals surface area contributed by atoms with Crippen molar-refractivity contribution in [3.8, 4) is 5.75 Å². The summed E-state index contributed by atoms with van der Waals surface area (Å²) in [6.45, 7) is 7.67. The monoisotopic (exact) mass is 390 g/mol. The number of amides is 2. The lowest BCUT2D eigenvalue weighted by Gasteiger charge is -2.33. The maximum Gasteiger partial charge on any atom is 0.224 e. The molecule has 1 aliphatic heterocycles. The van der Waals surface area contributed by atoms with Crippen LogP contribution in [0.25, 0.3) is 0 Å². The van der Waals surface area contributed by atoms with Crippen LogP contribution in [0.5, 0.6) is 5.75 Å². The molecule has 1 fully saturated rings. The van der Waals surface area contributed by atoms with Crippen LogP contribution in [0.1, 0.15) is 51.5 Å². The molecule has 2 amide bonds. The molecule has 3 atom stereocenters. The fourth-order valence-electron chi connectivity index (χ4n) is 3.04. The Labute approximate surface area is 165 Å². The smallest absolute Gasteiger partial charge is 0.224 e. The minimum absolute atomic E-state index is 0.121. The molecule has 7 heteroatoms. The Morgan fingerprint density at radius 1 is 1.36 bits per heavy atom. The molecule has 1 aromatic carbocycles. The van der Waals surface area contributed by atoms with Crippen molar-refractivity contribution >= 4 is 17.5 Å². The van der Waals surface area contributed by atoms with Gasteiger partial charge in [-0.25, -0.2) is 0 Å². The summed E-state index contributed by atoms with van der Waals surface area (Å²) in [5.41, 5.74) is 7.42. The molecule has 154 valence electrons. The van der Waals surface area contributed by atoms with E-state index in [0.717, 1.165) is 17.6 Å². The third-order valence-corrected chi connectivity index (χ3v) is 4.53. The molecule has 0 bridgehead atoms. The van der Waals surface area contributed by atoms with Crippen LogP contribution in [-0.4, -0.2) is 35.4 Å². The van der Waals surface area contributed by atoms with Gasteiger partial charge in [0.25, 0.3) is 0 Å². The number of nitrogens with one attached hydrogen (secondary N) is 1. The van der Waals surface area contributed by atoms with Crippen molar-refractivity contribution in [2.45, 2.75) is 70.9 Å². The van der Waals surface area contributed by atoms with Gasteiger partial charge in [-0.05, 0) is 37.5 Å². The van der Waals surface area contributed by atoms with E-state index in [9.17, 15) is 14.7 Å². The molecule has 0 radical (unpaired) electrons. The zero-order valence-electron chi connectivity index (χ0n) is 16.6. The summed E-state index contributed by atoms with van der Waals surface area (Å²) in [6, 6.07) is 5.34. The maximum absolute atomic E-state index is 12.1. The summed E-state index contributed by atoms with van der Waals surface area (Å²) in [5, 5.41) is 13.0. The maximum atomic E-state index is 12.1. The first-order valence-electron chi connectivity index (χ1n) is 9.65. The topological polar surface area (TPSA) is 111 Å². The predicted octanol–water partition coefficient (Wildman–Crippen LogP) is 2.66. The molecule has 7 nitrogen and oxygen atoms in total. The lowest BCUT2D eigenvalue weighted by molar-refractivity contribution is -0.164. The molecular weight excluding hydrogens is 360 g/mol. The van der Waals surface area contributed by atoms with Gasteiger partial charge in [-0.3, -0.25) is 9.59 Å². The van der Waals surface area contributed by atoms with Crippen LogP contribution >= 0.6 is 0 Å². The fourth-order valence-corrected chi connectivity index (χ4v) is 3.04. The molecule has 1 heterocycles. The normalized spacial score (nSPS) is 21.8. The summed E-state index contributed by atoms with van der Waals surface area (Å²) in [4.78, 5) is 23.2. The zero-order valence-corrected chi connectivity index (χ0v) is 16.6. The summed E-state index contributed by atoms with van der Waals surface area (Å²) in [5.74, 6) is -0.0528. The average molecular weight is 390 g/mol. The van der Waals surface area contributed by atoms with Gasteiger partial charge in [-0.1, -0.05) is 25.1 Å². The number of aliphatic hydroxyl groups excluding tert-OH is 1. The number of anilines is 1. The second-order valence-electron chi connectivity index (χ2n) is 7.24. The van der Waals surface area contributed by atoms with Crippen molar-refractivity contribution in [2.24, 2.45) is 5.73 Å². The number of rotatable bonds is 9. The standard InChI is InChI=1S/C21H30N2O5/c1-4-5-20(26)23-16-10-14(7-9-19(22)25)6-8-17(16)27-21-12-15(24)11-18(28-21)13(2)3/h6,8,10,15,18,21,24H,2,4-5,7,9,11-12H2,1,3H3,(H2,22,25)(H,23,26). The largest absolute Gasteiger partial charge is 0.463 e. The zero-order chi connectivity index (χ0) is 20.7. The van der Waals surface area contributed by atoms with Gasteiger partial charge < -0.3 is 25.6 Å². The first kappa shape index (κ1) is 21.9. The molecule has 1 aliphatic rings. The Balaban J connectivity index is 2.19. The molecule has 2 rings (SSSR count). The van der Waals surface area contributed by atoms with E-state index in [4.69, 9.17) is 15.2 Å². The van der Waals surface area contributed by atoms with E-state index in [0.29, 0.717) is 37.1 Å². The number of aliphatic hydroxyl groups is 1. The van der Waals surface area contributed by atoms with Crippen LogP contribution in [-0.2, 0) is 20.7 Å². The number of ether oxygens (including phenoxy) is 2. The Hall–Kier alpha value is -2.38. The minimum Gasteiger partial charge on any atom is -0.463 e. The predicted molar refractivity (Wildman–Crippen MR) is 107 cm³/mol. The van der Waals surface area contributed by atoms with Gasteiger partial charge in [0.05, 0.1) is 17.9 Å². The first-order valence-corrected chi connectivity index (χ1v) is 9.65. The average Bonchev–Trinajstić information content (AvgIpc) is 2.61. The number of hydrogen-bond donors (Lipinski definition) is 3. The third-order valence-electron chi connectivity index (χ3n) is 4.53. The first-order chi connectivity index (χ1) is 13.3. The molecule has 0 aromatic heterocycles. The van der Waals surface area contributed by atoms with Crippen molar-refractivity contribution in [1.82, 2.24) is 0 Å². The van der Waals surface area contributed by atoms with Crippen molar-refractivity contribution in [3.63, 3.8) is 0 Å². The van der Waals surface area contributed by atoms with Gasteiger partial charge in [0, 0.05) is 25.7 Å².